The van der Waals surface area contributed by atoms with E-state index in [0.717, 1.165) is 18.4 Å². The number of carbonyl (C=O) groups is 2. The minimum Gasteiger partial charge on any atom is -0.449 e. The summed E-state index contributed by atoms with van der Waals surface area (Å²) in [5.74, 6) is 0.598. The molecular formula is C28H38BN3O5. The molecule has 0 radical (unpaired) electrons. The van der Waals surface area contributed by atoms with Gasteiger partial charge in [0.1, 0.15) is 6.42 Å². The van der Waals surface area contributed by atoms with Crippen LogP contribution in [0.4, 0.5) is 4.79 Å². The third kappa shape index (κ3) is 4.98. The Kier molecular flexibility index (Phi) is 7.01. The van der Waals surface area contributed by atoms with Crippen molar-refractivity contribution in [1.29, 1.82) is 5.26 Å². The molecule has 1 aromatic carbocycles. The van der Waals surface area contributed by atoms with Gasteiger partial charge in [0.2, 0.25) is 5.91 Å². The molecule has 0 aromatic heterocycles. The predicted molar refractivity (Wildman–Crippen MR) is 138 cm³/mol. The van der Waals surface area contributed by atoms with Crippen LogP contribution in [0.1, 0.15) is 57.6 Å². The van der Waals surface area contributed by atoms with E-state index in [2.05, 4.69) is 57.3 Å². The van der Waals surface area contributed by atoms with Gasteiger partial charge in [-0.3, -0.25) is 4.79 Å². The Balaban J connectivity index is 1.23. The van der Waals surface area contributed by atoms with Gasteiger partial charge in [-0.15, -0.1) is 0 Å². The van der Waals surface area contributed by atoms with Crippen LogP contribution in [0.15, 0.2) is 24.3 Å². The molecule has 198 valence electrons. The third-order valence-corrected chi connectivity index (χ3v) is 9.50. The Labute approximate surface area is 220 Å². The molecule has 37 heavy (non-hydrogen) atoms. The lowest BCUT2D eigenvalue weighted by Crippen LogP contribution is -2.65. The maximum atomic E-state index is 12.9. The Morgan fingerprint density at radius 1 is 1.27 bits per heavy atom. The number of benzene rings is 1. The fourth-order valence-corrected chi connectivity index (χ4v) is 7.03. The number of nitrogens with one attached hydrogen (secondary N) is 1. The molecule has 0 spiro atoms. The number of likely N-dealkylation sites (tertiary alicyclic amines) is 1. The Morgan fingerprint density at radius 2 is 2.03 bits per heavy atom. The minimum atomic E-state index is -0.551. The molecule has 8 nitrogen and oxygen atoms in total. The Hall–Kier alpha value is -2.57. The van der Waals surface area contributed by atoms with Crippen molar-refractivity contribution in [2.24, 2.45) is 23.2 Å². The zero-order valence-electron chi connectivity index (χ0n) is 22.4. The van der Waals surface area contributed by atoms with E-state index in [0.29, 0.717) is 31.3 Å². The standard InChI is InChI=1S/C28H38BN3O5/c1-18-5-7-19(8-6-18)13-24(29-36-23-15-21-14-22(27(21,2)3)28(23,4)37-29)31-26(34)35-17-20-10-12-32(16-20)25(33)9-11-30/h5-8,20-24H,9-10,12-17H2,1-4H3,(H,31,34)/t20?,21?,22?,23?,24?,28-/m0/s1. The summed E-state index contributed by atoms with van der Waals surface area (Å²) in [4.78, 5) is 26.6. The first-order chi connectivity index (χ1) is 17.6. The van der Waals surface area contributed by atoms with Crippen molar-refractivity contribution >= 4 is 19.1 Å². The fraction of sp³-hybridized carbons (Fsp3) is 0.679. The molecule has 2 saturated heterocycles. The average Bonchev–Trinajstić information content (AvgIpc) is 3.47. The molecule has 1 N–H and O–H groups in total. The van der Waals surface area contributed by atoms with Gasteiger partial charge in [-0.25, -0.2) is 4.79 Å². The van der Waals surface area contributed by atoms with Crippen LogP contribution in [0.25, 0.3) is 0 Å². The number of hydrogen-bond donors (Lipinski definition) is 1. The Morgan fingerprint density at radius 3 is 2.73 bits per heavy atom. The second-order valence-electron chi connectivity index (χ2n) is 12.2. The number of ether oxygens (including phenoxy) is 1. The van der Waals surface area contributed by atoms with Crippen molar-refractivity contribution in [3.8, 4) is 6.07 Å². The van der Waals surface area contributed by atoms with E-state index in [-0.39, 0.29) is 42.0 Å². The quantitative estimate of drug-likeness (QED) is 0.566. The molecule has 1 aromatic rings. The largest absolute Gasteiger partial charge is 0.482 e. The second-order valence-corrected chi connectivity index (χ2v) is 12.2. The van der Waals surface area contributed by atoms with Crippen molar-refractivity contribution in [1.82, 2.24) is 10.2 Å². The normalized spacial score (nSPS) is 32.2. The van der Waals surface area contributed by atoms with E-state index in [1.807, 2.05) is 6.07 Å². The summed E-state index contributed by atoms with van der Waals surface area (Å²) in [7, 11) is -0.551. The predicted octanol–water partition coefficient (Wildman–Crippen LogP) is 3.66. The van der Waals surface area contributed by atoms with Gasteiger partial charge < -0.3 is 24.3 Å². The molecule has 5 fully saturated rings. The molecule has 2 heterocycles. The number of rotatable bonds is 7. The van der Waals surface area contributed by atoms with E-state index in [9.17, 15) is 9.59 Å². The Bertz CT molecular complexity index is 1070. The molecule has 2 aliphatic heterocycles. The van der Waals surface area contributed by atoms with Crippen LogP contribution in [0, 0.1) is 41.4 Å². The van der Waals surface area contributed by atoms with Gasteiger partial charge in [-0.1, -0.05) is 43.7 Å². The first kappa shape index (κ1) is 26.1. The van der Waals surface area contributed by atoms with Gasteiger partial charge in [-0.2, -0.15) is 5.26 Å². The lowest BCUT2D eigenvalue weighted by molar-refractivity contribution is -0.199. The van der Waals surface area contributed by atoms with Crippen LogP contribution in [-0.2, 0) is 25.3 Å². The van der Waals surface area contributed by atoms with Crippen LogP contribution in [-0.4, -0.2) is 61.4 Å². The van der Waals surface area contributed by atoms with E-state index >= 15 is 0 Å². The highest BCUT2D eigenvalue weighted by molar-refractivity contribution is 6.47. The number of nitrogens with zero attached hydrogens (tertiary/aromatic N) is 2. The number of nitriles is 1. The van der Waals surface area contributed by atoms with Crippen molar-refractivity contribution in [3.63, 3.8) is 0 Å². The molecule has 5 aliphatic rings. The third-order valence-electron chi connectivity index (χ3n) is 9.50. The molecule has 5 unspecified atom stereocenters. The summed E-state index contributed by atoms with van der Waals surface area (Å²) in [5, 5.41) is 11.8. The number of carbonyl (C=O) groups excluding carboxylic acids is 2. The highest BCUT2D eigenvalue weighted by atomic mass is 16.7. The average molecular weight is 507 g/mol. The first-order valence-electron chi connectivity index (χ1n) is 13.6. The zero-order valence-corrected chi connectivity index (χ0v) is 22.4. The summed E-state index contributed by atoms with van der Waals surface area (Å²) in [6.45, 7) is 10.2. The van der Waals surface area contributed by atoms with Crippen LogP contribution in [0.2, 0.25) is 0 Å². The maximum Gasteiger partial charge on any atom is 0.482 e. The van der Waals surface area contributed by atoms with Crippen molar-refractivity contribution < 1.29 is 23.6 Å². The summed E-state index contributed by atoms with van der Waals surface area (Å²) >= 11 is 0. The molecule has 2 amide bonds. The fourth-order valence-electron chi connectivity index (χ4n) is 7.03. The number of alkyl carbamates (subject to hydrolysis) is 1. The number of amides is 2. The molecule has 6 rings (SSSR count). The lowest BCUT2D eigenvalue weighted by Gasteiger charge is -2.64. The molecule has 3 saturated carbocycles. The van der Waals surface area contributed by atoms with Gasteiger partial charge in [0.25, 0.3) is 0 Å². The van der Waals surface area contributed by atoms with E-state index in [1.165, 1.54) is 12.0 Å². The summed E-state index contributed by atoms with van der Waals surface area (Å²) in [6, 6.07) is 10.2. The van der Waals surface area contributed by atoms with Crippen molar-refractivity contribution in [2.45, 2.75) is 77.4 Å². The van der Waals surface area contributed by atoms with Crippen molar-refractivity contribution in [2.75, 3.05) is 19.7 Å². The molecule has 6 atom stereocenters. The lowest BCUT2D eigenvalue weighted by atomic mass is 9.43. The van der Waals surface area contributed by atoms with Crippen LogP contribution in [0.5, 0.6) is 0 Å². The zero-order chi connectivity index (χ0) is 26.4. The SMILES string of the molecule is Cc1ccc(CC(NC(=O)OCC2CCN(C(=O)CC#N)C2)B2OC3CC4CC(C4(C)C)[C@]3(C)O2)cc1. The first-order valence-corrected chi connectivity index (χ1v) is 13.6. The smallest absolute Gasteiger partial charge is 0.449 e. The van der Waals surface area contributed by atoms with Crippen LogP contribution >= 0.6 is 0 Å². The number of hydrogen-bond acceptors (Lipinski definition) is 6. The van der Waals surface area contributed by atoms with E-state index in [1.54, 1.807) is 4.90 Å². The van der Waals surface area contributed by atoms with Crippen LogP contribution < -0.4 is 5.32 Å². The van der Waals surface area contributed by atoms with Gasteiger partial charge in [0, 0.05) is 19.0 Å². The van der Waals surface area contributed by atoms with Gasteiger partial charge in [0.05, 0.1) is 30.3 Å². The van der Waals surface area contributed by atoms with Crippen molar-refractivity contribution in [3.05, 3.63) is 35.4 Å². The molecule has 2 bridgehead atoms. The van der Waals surface area contributed by atoms with E-state index < -0.39 is 19.2 Å². The highest BCUT2D eigenvalue weighted by Crippen LogP contribution is 2.65. The van der Waals surface area contributed by atoms with Gasteiger partial charge in [-0.05, 0) is 62.3 Å². The molecular weight excluding hydrogens is 469 g/mol. The number of aryl methyl sites for hydroxylation is 1. The second kappa shape index (κ2) is 9.96. The summed E-state index contributed by atoms with van der Waals surface area (Å²) in [5.41, 5.74) is 2.16. The molecule has 9 heteroatoms. The monoisotopic (exact) mass is 507 g/mol. The van der Waals surface area contributed by atoms with Gasteiger partial charge >= 0.3 is 13.2 Å². The van der Waals surface area contributed by atoms with E-state index in [4.69, 9.17) is 19.3 Å². The maximum absolute atomic E-state index is 12.9. The molecule has 3 aliphatic carbocycles. The summed E-state index contributed by atoms with van der Waals surface area (Å²) in [6.07, 6.45) is 2.89. The topological polar surface area (TPSA) is 101 Å². The summed E-state index contributed by atoms with van der Waals surface area (Å²) < 4.78 is 18.8. The highest BCUT2D eigenvalue weighted by Gasteiger charge is 2.68. The van der Waals surface area contributed by atoms with Crippen LogP contribution in [0.3, 0.4) is 0 Å². The van der Waals surface area contributed by atoms with Gasteiger partial charge in [0.15, 0.2) is 0 Å². The minimum absolute atomic E-state index is 0.0306.